The van der Waals surface area contributed by atoms with E-state index in [-0.39, 0.29) is 11.7 Å². The van der Waals surface area contributed by atoms with Gasteiger partial charge in [-0.2, -0.15) is 16.4 Å². The molecule has 0 unspecified atom stereocenters. The summed E-state index contributed by atoms with van der Waals surface area (Å²) in [5.74, 6) is -0.0752. The summed E-state index contributed by atoms with van der Waals surface area (Å²) in [5.41, 5.74) is 3.41. The number of nitrogens with one attached hydrogen (secondary N) is 2. The van der Waals surface area contributed by atoms with Crippen LogP contribution in [0.15, 0.2) is 47.2 Å². The molecule has 0 fully saturated rings. The molecular weight excluding hydrogens is 417 g/mol. The maximum absolute atomic E-state index is 14.0. The van der Waals surface area contributed by atoms with E-state index in [1.165, 1.54) is 20.3 Å². The number of carbonyl (C=O) groups excluding carboxylic acids is 1. The highest BCUT2D eigenvalue weighted by molar-refractivity contribution is 7.07. The third-order valence-electron chi connectivity index (χ3n) is 4.80. The predicted octanol–water partition coefficient (Wildman–Crippen LogP) is 4.88. The van der Waals surface area contributed by atoms with E-state index in [1.54, 1.807) is 47.8 Å². The lowest BCUT2D eigenvalue weighted by molar-refractivity contribution is 0.0948. The summed E-state index contributed by atoms with van der Waals surface area (Å²) in [6.07, 6.45) is 3.48. The minimum Gasteiger partial charge on any atom is -0.495 e. The summed E-state index contributed by atoms with van der Waals surface area (Å²) in [5, 5.41) is 14.8. The number of methoxy groups -OCH3 is 2. The molecule has 0 saturated heterocycles. The number of halogens is 1. The Morgan fingerprint density at radius 3 is 2.77 bits per heavy atom. The minimum absolute atomic E-state index is 0.183. The molecule has 8 heteroatoms. The van der Waals surface area contributed by atoms with Crippen LogP contribution < -0.4 is 14.8 Å². The number of thiophene rings is 1. The van der Waals surface area contributed by atoms with Crippen LogP contribution in [0.5, 0.6) is 11.5 Å². The monoisotopic (exact) mass is 437 g/mol. The number of benzene rings is 2. The van der Waals surface area contributed by atoms with Crippen LogP contribution >= 0.6 is 11.3 Å². The molecule has 2 aromatic carbocycles. The Kier molecular flexibility index (Phi) is 5.99. The van der Waals surface area contributed by atoms with E-state index in [0.29, 0.717) is 34.5 Å². The Bertz CT molecular complexity index is 1250. The Morgan fingerprint density at radius 2 is 2.06 bits per heavy atom. The molecule has 0 atom stereocenters. The van der Waals surface area contributed by atoms with Gasteiger partial charge in [0.05, 0.1) is 36.4 Å². The Morgan fingerprint density at radius 1 is 1.19 bits per heavy atom. The second-order valence-electron chi connectivity index (χ2n) is 6.72. The number of H-pyrrole nitrogens is 1. The Hall–Kier alpha value is -3.65. The quantitative estimate of drug-likeness (QED) is 0.432. The van der Waals surface area contributed by atoms with Gasteiger partial charge >= 0.3 is 0 Å². The van der Waals surface area contributed by atoms with Gasteiger partial charge in [-0.05, 0) is 58.3 Å². The standard InChI is InChI=1S/C23H20FN3O3S/c1-29-20-8-4-14(11-17(20)24)3-6-18-21-19(27-26-18)7-5-16(22(21)30-2)23(28)25-12-15-9-10-31-13-15/h3-11,13H,12H2,1-2H3,(H,25,28)(H,26,27). The summed E-state index contributed by atoms with van der Waals surface area (Å²) in [6.45, 7) is 0.435. The van der Waals surface area contributed by atoms with E-state index in [2.05, 4.69) is 15.5 Å². The fourth-order valence-corrected chi connectivity index (χ4v) is 3.92. The van der Waals surface area contributed by atoms with Crippen molar-refractivity contribution in [3.63, 3.8) is 0 Å². The summed E-state index contributed by atoms with van der Waals surface area (Å²) < 4.78 is 24.5. The topological polar surface area (TPSA) is 76.2 Å². The molecule has 0 aliphatic heterocycles. The first-order valence-electron chi connectivity index (χ1n) is 9.46. The lowest BCUT2D eigenvalue weighted by Crippen LogP contribution is -2.23. The van der Waals surface area contributed by atoms with Crippen molar-refractivity contribution in [2.75, 3.05) is 14.2 Å². The molecule has 0 aliphatic carbocycles. The van der Waals surface area contributed by atoms with Crippen LogP contribution in [-0.4, -0.2) is 30.3 Å². The van der Waals surface area contributed by atoms with Gasteiger partial charge in [-0.25, -0.2) is 4.39 Å². The smallest absolute Gasteiger partial charge is 0.255 e. The Labute approximate surface area is 182 Å². The van der Waals surface area contributed by atoms with Gasteiger partial charge in [0.25, 0.3) is 5.91 Å². The number of aromatic nitrogens is 2. The number of amides is 1. The summed E-state index contributed by atoms with van der Waals surface area (Å²) >= 11 is 1.58. The van der Waals surface area contributed by atoms with E-state index < -0.39 is 5.82 Å². The fraction of sp³-hybridized carbons (Fsp3) is 0.130. The van der Waals surface area contributed by atoms with Gasteiger partial charge in [0.1, 0.15) is 5.75 Å². The number of fused-ring (bicyclic) bond motifs is 1. The third-order valence-corrected chi connectivity index (χ3v) is 5.53. The minimum atomic E-state index is -0.446. The molecule has 2 N–H and O–H groups in total. The zero-order valence-electron chi connectivity index (χ0n) is 16.9. The van der Waals surface area contributed by atoms with Crippen LogP contribution in [0, 0.1) is 5.82 Å². The van der Waals surface area contributed by atoms with Crippen LogP contribution in [0.1, 0.15) is 27.2 Å². The summed E-state index contributed by atoms with van der Waals surface area (Å²) in [4.78, 5) is 12.8. The van der Waals surface area contributed by atoms with Crippen LogP contribution in [0.4, 0.5) is 4.39 Å². The van der Waals surface area contributed by atoms with Crippen LogP contribution in [0.2, 0.25) is 0 Å². The molecule has 4 rings (SSSR count). The molecule has 6 nitrogen and oxygen atoms in total. The highest BCUT2D eigenvalue weighted by Crippen LogP contribution is 2.32. The van der Waals surface area contributed by atoms with Gasteiger partial charge in [0, 0.05) is 6.54 Å². The fourth-order valence-electron chi connectivity index (χ4n) is 3.25. The summed E-state index contributed by atoms with van der Waals surface area (Å²) in [7, 11) is 2.94. The van der Waals surface area contributed by atoms with Crippen LogP contribution in [0.25, 0.3) is 23.1 Å². The van der Waals surface area contributed by atoms with Crippen LogP contribution in [-0.2, 0) is 6.54 Å². The lowest BCUT2D eigenvalue weighted by Gasteiger charge is -2.10. The molecule has 0 aliphatic rings. The average molecular weight is 437 g/mol. The van der Waals surface area contributed by atoms with Crippen molar-refractivity contribution in [2.45, 2.75) is 6.54 Å². The van der Waals surface area contributed by atoms with Gasteiger partial charge in [0.15, 0.2) is 11.6 Å². The van der Waals surface area contributed by atoms with Crippen molar-refractivity contribution in [3.05, 3.63) is 75.4 Å². The first-order chi connectivity index (χ1) is 15.1. The molecule has 0 radical (unpaired) electrons. The first kappa shape index (κ1) is 20.6. The molecule has 2 aromatic heterocycles. The van der Waals surface area contributed by atoms with E-state index >= 15 is 0 Å². The molecule has 2 heterocycles. The van der Waals surface area contributed by atoms with Crippen molar-refractivity contribution in [2.24, 2.45) is 0 Å². The highest BCUT2D eigenvalue weighted by Gasteiger charge is 2.18. The van der Waals surface area contributed by atoms with Gasteiger partial charge in [-0.1, -0.05) is 12.1 Å². The number of hydrogen-bond donors (Lipinski definition) is 2. The van der Waals surface area contributed by atoms with E-state index in [4.69, 9.17) is 9.47 Å². The molecule has 4 aromatic rings. The Balaban J connectivity index is 1.65. The third kappa shape index (κ3) is 4.29. The van der Waals surface area contributed by atoms with Crippen molar-refractivity contribution >= 4 is 40.3 Å². The molecule has 31 heavy (non-hydrogen) atoms. The highest BCUT2D eigenvalue weighted by atomic mass is 32.1. The molecular formula is C23H20FN3O3S. The maximum atomic E-state index is 14.0. The zero-order chi connectivity index (χ0) is 21.8. The van der Waals surface area contributed by atoms with E-state index in [9.17, 15) is 9.18 Å². The normalized spacial score (nSPS) is 11.2. The largest absolute Gasteiger partial charge is 0.495 e. The summed E-state index contributed by atoms with van der Waals surface area (Å²) in [6, 6.07) is 10.1. The molecule has 1 amide bonds. The molecule has 0 spiro atoms. The number of carbonyl (C=O) groups is 1. The molecule has 158 valence electrons. The lowest BCUT2D eigenvalue weighted by atomic mass is 10.1. The van der Waals surface area contributed by atoms with E-state index in [0.717, 1.165) is 11.1 Å². The van der Waals surface area contributed by atoms with Gasteiger partial charge in [-0.15, -0.1) is 0 Å². The van der Waals surface area contributed by atoms with Crippen molar-refractivity contribution in [1.82, 2.24) is 15.5 Å². The predicted molar refractivity (Wildman–Crippen MR) is 120 cm³/mol. The average Bonchev–Trinajstić information content (AvgIpc) is 3.45. The van der Waals surface area contributed by atoms with E-state index in [1.807, 2.05) is 16.8 Å². The first-order valence-corrected chi connectivity index (χ1v) is 10.4. The number of rotatable bonds is 7. The van der Waals surface area contributed by atoms with Crippen LogP contribution in [0.3, 0.4) is 0 Å². The second kappa shape index (κ2) is 9.01. The zero-order valence-corrected chi connectivity index (χ0v) is 17.8. The number of nitrogens with zero attached hydrogens (tertiary/aromatic N) is 1. The SMILES string of the molecule is COc1ccc(C=Cc2n[nH]c3ccc(C(=O)NCc4ccsc4)c(OC)c23)cc1F. The second-order valence-corrected chi connectivity index (χ2v) is 7.50. The van der Waals surface area contributed by atoms with Crippen molar-refractivity contribution in [1.29, 1.82) is 0 Å². The maximum Gasteiger partial charge on any atom is 0.255 e. The van der Waals surface area contributed by atoms with Gasteiger partial charge in [-0.3, -0.25) is 9.89 Å². The molecule has 0 bridgehead atoms. The molecule has 0 saturated carbocycles. The van der Waals surface area contributed by atoms with Crippen molar-refractivity contribution in [3.8, 4) is 11.5 Å². The number of ether oxygens (including phenoxy) is 2. The number of hydrogen-bond acceptors (Lipinski definition) is 5. The van der Waals surface area contributed by atoms with Crippen molar-refractivity contribution < 1.29 is 18.7 Å². The van der Waals surface area contributed by atoms with Gasteiger partial charge < -0.3 is 14.8 Å². The van der Waals surface area contributed by atoms with Gasteiger partial charge in [0.2, 0.25) is 0 Å². The number of aromatic amines is 1.